The number of hydrogen-bond acceptors (Lipinski definition) is 6. The summed E-state index contributed by atoms with van der Waals surface area (Å²) in [6, 6.07) is 24.3. The predicted octanol–water partition coefficient (Wildman–Crippen LogP) is 7.26. The number of nitrogens with zero attached hydrogens (tertiary/aromatic N) is 1. The molecule has 9 heteroatoms. The van der Waals surface area contributed by atoms with E-state index in [1.54, 1.807) is 12.1 Å². The molecular formula is C40H51N4O5+. The van der Waals surface area contributed by atoms with Crippen molar-refractivity contribution in [2.24, 2.45) is 0 Å². The van der Waals surface area contributed by atoms with Crippen molar-refractivity contribution in [3.8, 4) is 16.9 Å². The Balaban J connectivity index is 0.824. The third-order valence-electron chi connectivity index (χ3n) is 10.8. The largest absolute Gasteiger partial charge is 0.506 e. The highest BCUT2D eigenvalue weighted by Gasteiger charge is 2.51. The lowest BCUT2D eigenvalue weighted by molar-refractivity contribution is -0.944. The van der Waals surface area contributed by atoms with E-state index in [1.807, 2.05) is 42.5 Å². The number of aromatic hydroxyl groups is 1. The third kappa shape index (κ3) is 8.71. The number of phenolic OH excluding ortho intramolecular Hbond substituents is 1. The average molecular weight is 668 g/mol. The second-order valence-electron chi connectivity index (χ2n) is 14.1. The lowest BCUT2D eigenvalue weighted by Gasteiger charge is -2.54. The van der Waals surface area contributed by atoms with Crippen molar-refractivity contribution in [3.05, 3.63) is 94.8 Å². The maximum atomic E-state index is 13.1. The first-order valence-corrected chi connectivity index (χ1v) is 18.1. The van der Waals surface area contributed by atoms with Crippen LogP contribution in [-0.4, -0.2) is 70.6 Å². The van der Waals surface area contributed by atoms with Crippen molar-refractivity contribution >= 4 is 22.7 Å². The van der Waals surface area contributed by atoms with E-state index in [-0.39, 0.29) is 23.0 Å². The van der Waals surface area contributed by atoms with Gasteiger partial charge in [0.25, 0.3) is 0 Å². The van der Waals surface area contributed by atoms with Crippen LogP contribution in [0.25, 0.3) is 22.0 Å². The summed E-state index contributed by atoms with van der Waals surface area (Å²) in [5.41, 5.74) is 3.27. The van der Waals surface area contributed by atoms with Gasteiger partial charge in [-0.15, -0.1) is 0 Å². The second kappa shape index (κ2) is 16.0. The number of carbonyl (C=O) groups excluding carboxylic acids is 1. The van der Waals surface area contributed by atoms with Crippen molar-refractivity contribution in [3.63, 3.8) is 0 Å². The molecule has 0 spiro atoms. The van der Waals surface area contributed by atoms with E-state index in [0.717, 1.165) is 68.7 Å². The second-order valence-corrected chi connectivity index (χ2v) is 14.1. The molecule has 49 heavy (non-hydrogen) atoms. The number of para-hydroxylation sites is 1. The number of quaternary nitrogens is 1. The molecule has 5 N–H and O–H groups in total. The Morgan fingerprint density at radius 3 is 2.27 bits per heavy atom. The maximum Gasteiger partial charge on any atom is 0.412 e. The summed E-state index contributed by atoms with van der Waals surface area (Å²) in [5, 5.41) is 27.8. The van der Waals surface area contributed by atoms with Crippen molar-refractivity contribution in [2.45, 2.75) is 75.9 Å². The number of aromatic amines is 1. The lowest BCUT2D eigenvalue weighted by Crippen LogP contribution is -2.65. The van der Waals surface area contributed by atoms with Gasteiger partial charge in [0.1, 0.15) is 11.4 Å². The Bertz CT molecular complexity index is 1730. The van der Waals surface area contributed by atoms with Crippen LogP contribution >= 0.6 is 0 Å². The zero-order valence-corrected chi connectivity index (χ0v) is 28.5. The van der Waals surface area contributed by atoms with Crippen molar-refractivity contribution < 1.29 is 24.2 Å². The van der Waals surface area contributed by atoms with Gasteiger partial charge >= 0.3 is 6.09 Å². The molecule has 3 aromatic carbocycles. The number of phenols is 1. The number of amides is 1. The molecule has 3 aliphatic heterocycles. The van der Waals surface area contributed by atoms with Gasteiger partial charge in [0, 0.05) is 42.8 Å². The number of rotatable bonds is 16. The van der Waals surface area contributed by atoms with E-state index in [9.17, 15) is 19.8 Å². The number of aliphatic hydroxyl groups excluding tert-OH is 1. The number of H-pyrrole nitrogens is 1. The van der Waals surface area contributed by atoms with Gasteiger partial charge in [-0.25, -0.2) is 4.79 Å². The highest BCUT2D eigenvalue weighted by atomic mass is 16.6. The summed E-state index contributed by atoms with van der Waals surface area (Å²) in [6.45, 7) is 5.78. The molecule has 1 atom stereocenters. The molecule has 0 aliphatic carbocycles. The minimum atomic E-state index is -0.725. The Kier molecular flexibility index (Phi) is 11.3. The fourth-order valence-electron chi connectivity index (χ4n) is 7.79. The summed E-state index contributed by atoms with van der Waals surface area (Å²) in [7, 11) is 0. The van der Waals surface area contributed by atoms with Gasteiger partial charge < -0.3 is 29.7 Å². The highest BCUT2D eigenvalue weighted by Crippen LogP contribution is 2.41. The molecule has 3 aliphatic rings. The summed E-state index contributed by atoms with van der Waals surface area (Å²) in [4.78, 5) is 27.4. The summed E-state index contributed by atoms with van der Waals surface area (Å²) in [5.74, 6) is 0.000142. The van der Waals surface area contributed by atoms with Crippen LogP contribution in [0.2, 0.25) is 0 Å². The SMILES string of the molecule is O=C(Nc1ccccc1-c1ccccc1)OC12CC[N+](CCCCCCCCCNCC(O)c3ccc(O)c4[nH]c(=O)ccc34)(CC1)CC2. The first-order chi connectivity index (χ1) is 23.9. The lowest BCUT2D eigenvalue weighted by atomic mass is 9.80. The summed E-state index contributed by atoms with van der Waals surface area (Å²) in [6.07, 6.45) is 10.2. The topological polar surface area (TPSA) is 124 Å². The Labute approximate surface area is 288 Å². The molecular weight excluding hydrogens is 616 g/mol. The van der Waals surface area contributed by atoms with Gasteiger partial charge in [-0.3, -0.25) is 10.1 Å². The molecule has 3 fully saturated rings. The number of benzene rings is 3. The number of anilines is 1. The molecule has 4 aromatic rings. The molecule has 1 unspecified atom stereocenters. The van der Waals surface area contributed by atoms with Crippen LogP contribution in [0.4, 0.5) is 10.5 Å². The van der Waals surface area contributed by atoms with E-state index in [0.29, 0.717) is 23.0 Å². The highest BCUT2D eigenvalue weighted by molar-refractivity contribution is 5.91. The van der Waals surface area contributed by atoms with Crippen LogP contribution in [0.15, 0.2) is 83.7 Å². The predicted molar refractivity (Wildman–Crippen MR) is 195 cm³/mol. The van der Waals surface area contributed by atoms with Crippen LogP contribution in [0.1, 0.15) is 75.9 Å². The minimum Gasteiger partial charge on any atom is -0.506 e. The van der Waals surface area contributed by atoms with Crippen LogP contribution in [0, 0.1) is 0 Å². The van der Waals surface area contributed by atoms with Crippen LogP contribution < -0.4 is 16.2 Å². The van der Waals surface area contributed by atoms with Gasteiger partial charge in [0.05, 0.1) is 43.5 Å². The fraction of sp³-hybridized carbons (Fsp3) is 0.450. The molecule has 3 saturated heterocycles. The smallest absolute Gasteiger partial charge is 0.412 e. The van der Waals surface area contributed by atoms with Gasteiger partial charge in [0.2, 0.25) is 5.56 Å². The van der Waals surface area contributed by atoms with E-state index < -0.39 is 6.10 Å². The molecule has 9 nitrogen and oxygen atoms in total. The quantitative estimate of drug-likeness (QED) is 0.0634. The summed E-state index contributed by atoms with van der Waals surface area (Å²) >= 11 is 0. The molecule has 2 bridgehead atoms. The van der Waals surface area contributed by atoms with Crippen molar-refractivity contribution in [1.82, 2.24) is 10.3 Å². The molecule has 4 heterocycles. The van der Waals surface area contributed by atoms with Gasteiger partial charge in [0.15, 0.2) is 0 Å². The van der Waals surface area contributed by atoms with Crippen molar-refractivity contribution in [2.75, 3.05) is 44.6 Å². The summed E-state index contributed by atoms with van der Waals surface area (Å²) < 4.78 is 7.35. The number of hydrogen-bond donors (Lipinski definition) is 5. The van der Waals surface area contributed by atoms with Crippen LogP contribution in [-0.2, 0) is 4.74 Å². The first-order valence-electron chi connectivity index (χ1n) is 18.1. The van der Waals surface area contributed by atoms with Crippen LogP contribution in [0.5, 0.6) is 5.75 Å². The Morgan fingerprint density at radius 1 is 0.837 bits per heavy atom. The van der Waals surface area contributed by atoms with E-state index in [4.69, 9.17) is 4.74 Å². The van der Waals surface area contributed by atoms with Gasteiger partial charge in [-0.05, 0) is 55.1 Å². The van der Waals surface area contributed by atoms with E-state index in [2.05, 4.69) is 27.8 Å². The molecule has 1 amide bonds. The van der Waals surface area contributed by atoms with E-state index in [1.165, 1.54) is 61.7 Å². The van der Waals surface area contributed by atoms with Gasteiger partial charge in [-0.2, -0.15) is 0 Å². The maximum absolute atomic E-state index is 13.1. The third-order valence-corrected chi connectivity index (χ3v) is 10.8. The zero-order valence-electron chi connectivity index (χ0n) is 28.5. The van der Waals surface area contributed by atoms with Gasteiger partial charge in [-0.1, -0.05) is 80.3 Å². The van der Waals surface area contributed by atoms with Crippen LogP contribution in [0.3, 0.4) is 0 Å². The Hall–Kier alpha value is -4.18. The fourth-order valence-corrected chi connectivity index (χ4v) is 7.79. The monoisotopic (exact) mass is 667 g/mol. The minimum absolute atomic E-state index is 0.000142. The molecule has 0 saturated carbocycles. The first kappa shape index (κ1) is 34.7. The van der Waals surface area contributed by atoms with E-state index >= 15 is 0 Å². The zero-order chi connectivity index (χ0) is 34.1. The number of aliphatic hydroxyl groups is 1. The molecule has 1 aromatic heterocycles. The van der Waals surface area contributed by atoms with Crippen molar-refractivity contribution in [1.29, 1.82) is 0 Å². The molecule has 260 valence electrons. The number of fused-ring (bicyclic) bond motifs is 4. The molecule has 0 radical (unpaired) electrons. The number of piperidine rings is 3. The average Bonchev–Trinajstić information content (AvgIpc) is 3.12. The number of ether oxygens (including phenoxy) is 1. The number of pyridine rings is 1. The Morgan fingerprint density at radius 2 is 1.51 bits per heavy atom. The standard InChI is InChI=1S/C40H50N4O5/c45-35-19-17-32(33-18-20-37(47)43-38(33)35)36(46)29-41-24-11-4-2-1-3-5-12-25-44-26-21-40(22-27-44,23-28-44)49-39(48)42-34-16-10-9-15-31(34)30-13-7-6-8-14-30/h6-10,13-20,36,41,46H,1-5,11-12,21-29H2,(H2-,42,43,45,47,48)/p+1. The number of unbranched alkanes of at least 4 members (excludes halogenated alkanes) is 6. The number of aromatic nitrogens is 1. The normalized spacial score (nSPS) is 20.7. The number of nitrogens with one attached hydrogen (secondary N) is 3. The number of carbonyl (C=O) groups is 1. The molecule has 7 rings (SSSR count).